The molecule has 113 valence electrons. The largest absolute Gasteiger partial charge is 0.500 e. The Morgan fingerprint density at radius 3 is 1.95 bits per heavy atom. The Bertz CT molecular complexity index is 210. The summed E-state index contributed by atoms with van der Waals surface area (Å²) in [4.78, 5) is 0. The second-order valence-electron chi connectivity index (χ2n) is 4.64. The summed E-state index contributed by atoms with van der Waals surface area (Å²) in [6.45, 7) is 9.95. The van der Waals surface area contributed by atoms with E-state index in [1.165, 1.54) is 19.3 Å². The van der Waals surface area contributed by atoms with Gasteiger partial charge in [-0.05, 0) is 40.0 Å². The van der Waals surface area contributed by atoms with Gasteiger partial charge in [-0.25, -0.2) is 0 Å². The minimum absolute atomic E-state index is 0.578. The normalized spacial score (nSPS) is 25.3. The lowest BCUT2D eigenvalue weighted by atomic mass is 10.0. The average molecular weight is 289 g/mol. The van der Waals surface area contributed by atoms with E-state index < -0.39 is 8.80 Å². The Labute approximate surface area is 119 Å². The van der Waals surface area contributed by atoms with Crippen molar-refractivity contribution in [1.82, 2.24) is 0 Å². The molecule has 2 fully saturated rings. The second-order valence-corrected chi connectivity index (χ2v) is 7.58. The number of hydrogen-bond acceptors (Lipinski definition) is 4. The maximum absolute atomic E-state index is 5.55. The van der Waals surface area contributed by atoms with Crippen LogP contribution in [0.25, 0.3) is 0 Å². The summed E-state index contributed by atoms with van der Waals surface area (Å²) >= 11 is 0. The highest BCUT2D eigenvalue weighted by Gasteiger charge is 2.40. The molecule has 2 aliphatic rings. The number of ether oxygens (including phenoxy) is 1. The summed E-state index contributed by atoms with van der Waals surface area (Å²) in [5, 5.41) is 0. The van der Waals surface area contributed by atoms with Crippen molar-refractivity contribution in [2.75, 3.05) is 19.8 Å². The van der Waals surface area contributed by atoms with Crippen molar-refractivity contribution in [2.45, 2.75) is 65.2 Å². The van der Waals surface area contributed by atoms with Gasteiger partial charge in [0.25, 0.3) is 0 Å². The van der Waals surface area contributed by atoms with Crippen molar-refractivity contribution in [1.29, 1.82) is 0 Å². The minimum Gasteiger partial charge on any atom is -0.374 e. The predicted molar refractivity (Wildman–Crippen MR) is 77.9 cm³/mol. The van der Waals surface area contributed by atoms with Gasteiger partial charge in [-0.1, -0.05) is 13.3 Å². The van der Waals surface area contributed by atoms with E-state index in [1.54, 1.807) is 0 Å². The van der Waals surface area contributed by atoms with E-state index in [0.717, 1.165) is 6.04 Å². The molecule has 0 spiro atoms. The summed E-state index contributed by atoms with van der Waals surface area (Å²) in [6, 6.07) is 0.850. The minimum atomic E-state index is -2.27. The highest BCUT2D eigenvalue weighted by Crippen LogP contribution is 2.35. The SMILES string of the molecule is CCO[Si](CC)(OCC)OCC.[CH]1CCCC2OC12. The van der Waals surface area contributed by atoms with Crippen LogP contribution in [0.1, 0.15) is 47.0 Å². The summed E-state index contributed by atoms with van der Waals surface area (Å²) in [5.41, 5.74) is 0. The molecule has 0 aromatic heterocycles. The quantitative estimate of drug-likeness (QED) is 0.533. The summed E-state index contributed by atoms with van der Waals surface area (Å²) < 4.78 is 21.9. The van der Waals surface area contributed by atoms with Gasteiger partial charge >= 0.3 is 8.80 Å². The Morgan fingerprint density at radius 2 is 1.63 bits per heavy atom. The van der Waals surface area contributed by atoms with Crippen LogP contribution in [0.15, 0.2) is 0 Å². The molecule has 2 rings (SSSR count). The monoisotopic (exact) mass is 289 g/mol. The van der Waals surface area contributed by atoms with E-state index in [1.807, 2.05) is 27.7 Å². The summed E-state index contributed by atoms with van der Waals surface area (Å²) in [5.74, 6) is 0. The zero-order valence-corrected chi connectivity index (χ0v) is 13.8. The fourth-order valence-electron chi connectivity index (χ4n) is 2.29. The standard InChI is InChI=1S/C8H20O3Si.C6H9O/c1-5-9-12(8-4,10-6-2)11-7-3;1-2-4-6-5(3-1)7-6/h5-8H2,1-4H3;3,5-6H,1-2,4H2. The zero-order valence-electron chi connectivity index (χ0n) is 12.8. The van der Waals surface area contributed by atoms with Crippen molar-refractivity contribution in [3.05, 3.63) is 6.42 Å². The molecule has 0 aromatic carbocycles. The Hall–Kier alpha value is 0.0569. The molecular weight excluding hydrogens is 260 g/mol. The molecule has 4 nitrogen and oxygen atoms in total. The first-order chi connectivity index (χ1) is 9.21. The predicted octanol–water partition coefficient (Wildman–Crippen LogP) is 3.20. The van der Waals surface area contributed by atoms with Gasteiger partial charge in [-0.2, -0.15) is 0 Å². The van der Waals surface area contributed by atoms with Gasteiger partial charge in [0.1, 0.15) is 0 Å². The molecule has 1 saturated carbocycles. The topological polar surface area (TPSA) is 40.2 Å². The summed E-state index contributed by atoms with van der Waals surface area (Å²) in [6.07, 6.45) is 7.44. The first kappa shape index (κ1) is 17.1. The molecule has 19 heavy (non-hydrogen) atoms. The maximum Gasteiger partial charge on any atom is 0.500 e. The zero-order chi connectivity index (χ0) is 14.1. The van der Waals surface area contributed by atoms with Gasteiger partial charge in [0.15, 0.2) is 0 Å². The molecule has 1 radical (unpaired) electrons. The van der Waals surface area contributed by atoms with Crippen LogP contribution in [-0.2, 0) is 18.0 Å². The van der Waals surface area contributed by atoms with Gasteiger partial charge in [0, 0.05) is 25.9 Å². The smallest absolute Gasteiger partial charge is 0.374 e. The molecule has 2 unspecified atom stereocenters. The molecule has 1 aliphatic heterocycles. The fourth-order valence-corrected chi connectivity index (χ4v) is 4.47. The van der Waals surface area contributed by atoms with Gasteiger partial charge in [-0.15, -0.1) is 0 Å². The molecule has 0 aromatic rings. The molecule has 0 amide bonds. The molecule has 5 heteroatoms. The molecule has 0 N–H and O–H groups in total. The van der Waals surface area contributed by atoms with Crippen molar-refractivity contribution >= 4 is 8.80 Å². The Morgan fingerprint density at radius 1 is 1.05 bits per heavy atom. The Kier molecular flexibility index (Phi) is 8.17. The number of hydrogen-bond donors (Lipinski definition) is 0. The molecule has 2 atom stereocenters. The third-order valence-corrected chi connectivity index (χ3v) is 6.29. The van der Waals surface area contributed by atoms with Gasteiger partial charge < -0.3 is 18.0 Å². The van der Waals surface area contributed by atoms with Gasteiger partial charge in [-0.3, -0.25) is 0 Å². The van der Waals surface area contributed by atoms with Crippen molar-refractivity contribution < 1.29 is 18.0 Å². The van der Waals surface area contributed by atoms with Crippen molar-refractivity contribution in [2.24, 2.45) is 0 Å². The molecule has 1 heterocycles. The molecule has 1 aliphatic carbocycles. The lowest BCUT2D eigenvalue weighted by molar-refractivity contribution is 0.0725. The number of epoxide rings is 1. The van der Waals surface area contributed by atoms with E-state index in [2.05, 4.69) is 6.42 Å². The van der Waals surface area contributed by atoms with Crippen LogP contribution in [0.4, 0.5) is 0 Å². The van der Waals surface area contributed by atoms with E-state index in [0.29, 0.717) is 32.0 Å². The van der Waals surface area contributed by atoms with E-state index in [9.17, 15) is 0 Å². The summed E-state index contributed by atoms with van der Waals surface area (Å²) in [7, 11) is -2.27. The van der Waals surface area contributed by atoms with Crippen molar-refractivity contribution in [3.8, 4) is 0 Å². The Balaban J connectivity index is 0.000000213. The second kappa shape index (κ2) is 9.08. The molecule has 1 saturated heterocycles. The maximum atomic E-state index is 5.55. The van der Waals surface area contributed by atoms with Gasteiger partial charge in [0.2, 0.25) is 0 Å². The van der Waals surface area contributed by atoms with Crippen LogP contribution in [0.2, 0.25) is 6.04 Å². The van der Waals surface area contributed by atoms with E-state index in [-0.39, 0.29) is 0 Å². The number of rotatable bonds is 7. The van der Waals surface area contributed by atoms with E-state index >= 15 is 0 Å². The van der Waals surface area contributed by atoms with Crippen molar-refractivity contribution in [3.63, 3.8) is 0 Å². The van der Waals surface area contributed by atoms with Crippen LogP contribution in [0.3, 0.4) is 0 Å². The first-order valence-corrected chi connectivity index (χ1v) is 9.55. The highest BCUT2D eigenvalue weighted by atomic mass is 28.4. The van der Waals surface area contributed by atoms with E-state index in [4.69, 9.17) is 18.0 Å². The molecule has 0 bridgehead atoms. The third-order valence-electron chi connectivity index (χ3n) is 3.24. The lowest BCUT2D eigenvalue weighted by Crippen LogP contribution is -2.45. The first-order valence-electron chi connectivity index (χ1n) is 7.61. The highest BCUT2D eigenvalue weighted by molar-refractivity contribution is 6.60. The molecular formula is C14H29O4Si. The fraction of sp³-hybridized carbons (Fsp3) is 0.929. The van der Waals surface area contributed by atoms with Gasteiger partial charge in [0.05, 0.1) is 12.2 Å². The average Bonchev–Trinajstić information content (AvgIpc) is 3.19. The third kappa shape index (κ3) is 5.91. The number of fused-ring (bicyclic) bond motifs is 1. The van der Waals surface area contributed by atoms with Crippen LogP contribution in [-0.4, -0.2) is 40.8 Å². The van der Waals surface area contributed by atoms with Crippen LogP contribution >= 0.6 is 0 Å². The van der Waals surface area contributed by atoms with Crippen LogP contribution in [0, 0.1) is 6.42 Å². The lowest BCUT2D eigenvalue weighted by Gasteiger charge is -2.26. The van der Waals surface area contributed by atoms with Crippen LogP contribution < -0.4 is 0 Å². The van der Waals surface area contributed by atoms with Crippen LogP contribution in [0.5, 0.6) is 0 Å².